The summed E-state index contributed by atoms with van der Waals surface area (Å²) in [5, 5.41) is 2.02. The maximum atomic E-state index is 5.91. The molecular weight excluding hydrogens is 346 g/mol. The lowest BCUT2D eigenvalue weighted by Crippen LogP contribution is -2.04. The van der Waals surface area contributed by atoms with Gasteiger partial charge in [-0.2, -0.15) is 0 Å². The smallest absolute Gasteiger partial charge is 0.117 e. The van der Waals surface area contributed by atoms with E-state index in [9.17, 15) is 0 Å². The van der Waals surface area contributed by atoms with Crippen LogP contribution in [0.3, 0.4) is 0 Å². The second kappa shape index (κ2) is 6.13. The van der Waals surface area contributed by atoms with Crippen molar-refractivity contribution >= 4 is 38.6 Å². The first kappa shape index (κ1) is 14.5. The highest BCUT2D eigenvalue weighted by molar-refractivity contribution is 9.10. The molecule has 1 atom stereocenters. The van der Waals surface area contributed by atoms with Gasteiger partial charge in [0, 0.05) is 20.8 Å². The monoisotopic (exact) mass is 359 g/mol. The van der Waals surface area contributed by atoms with Gasteiger partial charge in [0.05, 0.1) is 5.52 Å². The molecule has 0 spiro atoms. The Hall–Kier alpha value is -1.43. The van der Waals surface area contributed by atoms with E-state index in [1.807, 2.05) is 31.2 Å². The Labute approximate surface area is 136 Å². The van der Waals surface area contributed by atoms with Crippen LogP contribution in [0.2, 0.25) is 0 Å². The Balaban J connectivity index is 1.99. The van der Waals surface area contributed by atoms with Crippen molar-refractivity contribution < 1.29 is 0 Å². The van der Waals surface area contributed by atoms with E-state index in [2.05, 4.69) is 44.1 Å². The maximum Gasteiger partial charge on any atom is 0.117 e. The first-order chi connectivity index (χ1) is 10.1. The highest BCUT2D eigenvalue weighted by Crippen LogP contribution is 2.36. The van der Waals surface area contributed by atoms with E-state index in [-0.39, 0.29) is 6.04 Å². The molecule has 0 radical (unpaired) electrons. The van der Waals surface area contributed by atoms with Crippen molar-refractivity contribution in [3.8, 4) is 0 Å². The van der Waals surface area contributed by atoms with Crippen molar-refractivity contribution in [2.45, 2.75) is 22.9 Å². The maximum absolute atomic E-state index is 5.91. The van der Waals surface area contributed by atoms with Crippen molar-refractivity contribution in [1.29, 1.82) is 0 Å². The molecule has 0 amide bonds. The SMILES string of the molecule is CC(N)c1ccc(Sc2ncnc3ccccc23)c(Br)c1. The molecule has 0 bridgehead atoms. The second-order valence-electron chi connectivity index (χ2n) is 4.78. The quantitative estimate of drug-likeness (QED) is 0.696. The van der Waals surface area contributed by atoms with E-state index >= 15 is 0 Å². The summed E-state index contributed by atoms with van der Waals surface area (Å²) < 4.78 is 1.03. The van der Waals surface area contributed by atoms with Crippen LogP contribution in [0.25, 0.3) is 10.9 Å². The minimum absolute atomic E-state index is 0.0280. The van der Waals surface area contributed by atoms with E-state index in [1.165, 1.54) is 0 Å². The molecule has 2 aromatic carbocycles. The topological polar surface area (TPSA) is 51.8 Å². The number of nitrogens with two attached hydrogens (primary N) is 1. The molecule has 0 fully saturated rings. The number of rotatable bonds is 3. The van der Waals surface area contributed by atoms with Gasteiger partial charge >= 0.3 is 0 Å². The van der Waals surface area contributed by atoms with E-state index in [0.29, 0.717) is 0 Å². The minimum atomic E-state index is 0.0280. The Morgan fingerprint density at radius 2 is 1.95 bits per heavy atom. The zero-order valence-electron chi connectivity index (χ0n) is 11.5. The van der Waals surface area contributed by atoms with Crippen molar-refractivity contribution in [2.75, 3.05) is 0 Å². The molecule has 106 valence electrons. The number of halogens is 1. The van der Waals surface area contributed by atoms with Gasteiger partial charge in [-0.05, 0) is 46.6 Å². The molecule has 0 saturated carbocycles. The van der Waals surface area contributed by atoms with Gasteiger partial charge in [0.2, 0.25) is 0 Å². The van der Waals surface area contributed by atoms with Crippen LogP contribution in [-0.2, 0) is 0 Å². The molecule has 5 heteroatoms. The standard InChI is InChI=1S/C16H14BrN3S/c1-10(18)11-6-7-15(13(17)8-11)21-16-12-4-2-3-5-14(12)19-9-20-16/h2-10H,18H2,1H3. The fourth-order valence-electron chi connectivity index (χ4n) is 2.05. The Bertz CT molecular complexity index is 784. The summed E-state index contributed by atoms with van der Waals surface area (Å²) in [6.45, 7) is 1.98. The Morgan fingerprint density at radius 3 is 2.71 bits per heavy atom. The number of hydrogen-bond acceptors (Lipinski definition) is 4. The summed E-state index contributed by atoms with van der Waals surface area (Å²) in [5.74, 6) is 0. The molecule has 0 aliphatic rings. The highest BCUT2D eigenvalue weighted by atomic mass is 79.9. The van der Waals surface area contributed by atoms with E-state index in [1.54, 1.807) is 18.1 Å². The molecule has 3 aromatic rings. The zero-order chi connectivity index (χ0) is 14.8. The Morgan fingerprint density at radius 1 is 1.14 bits per heavy atom. The number of benzene rings is 2. The number of para-hydroxylation sites is 1. The molecule has 21 heavy (non-hydrogen) atoms. The van der Waals surface area contributed by atoms with Crippen LogP contribution >= 0.6 is 27.7 Å². The normalized spacial score (nSPS) is 12.5. The summed E-state index contributed by atoms with van der Waals surface area (Å²) in [6, 6.07) is 14.3. The largest absolute Gasteiger partial charge is 0.324 e. The zero-order valence-corrected chi connectivity index (χ0v) is 13.9. The highest BCUT2D eigenvalue weighted by Gasteiger charge is 2.09. The molecule has 1 heterocycles. The molecule has 1 unspecified atom stereocenters. The lowest BCUT2D eigenvalue weighted by Gasteiger charge is -2.10. The molecule has 1 aromatic heterocycles. The van der Waals surface area contributed by atoms with Gasteiger partial charge in [-0.3, -0.25) is 0 Å². The molecule has 0 saturated heterocycles. The van der Waals surface area contributed by atoms with Crippen LogP contribution in [0.1, 0.15) is 18.5 Å². The lowest BCUT2D eigenvalue weighted by molar-refractivity contribution is 0.815. The average Bonchev–Trinajstić information content (AvgIpc) is 2.49. The predicted molar refractivity (Wildman–Crippen MR) is 90.4 cm³/mol. The van der Waals surface area contributed by atoms with E-state index in [0.717, 1.165) is 30.9 Å². The summed E-state index contributed by atoms with van der Waals surface area (Å²) in [6.07, 6.45) is 1.61. The fraction of sp³-hybridized carbons (Fsp3) is 0.125. The first-order valence-corrected chi connectivity index (χ1v) is 8.19. The predicted octanol–water partition coefficient (Wildman–Crippen LogP) is 4.56. The summed E-state index contributed by atoms with van der Waals surface area (Å²) in [4.78, 5) is 9.81. The van der Waals surface area contributed by atoms with Gasteiger partial charge < -0.3 is 5.73 Å². The number of aromatic nitrogens is 2. The summed E-state index contributed by atoms with van der Waals surface area (Å²) in [5.41, 5.74) is 7.98. The Kier molecular flexibility index (Phi) is 4.24. The molecular formula is C16H14BrN3S. The van der Waals surface area contributed by atoms with E-state index in [4.69, 9.17) is 5.73 Å². The summed E-state index contributed by atoms with van der Waals surface area (Å²) >= 11 is 5.24. The third-order valence-electron chi connectivity index (χ3n) is 3.19. The van der Waals surface area contributed by atoms with Gasteiger partial charge in [0.15, 0.2) is 0 Å². The van der Waals surface area contributed by atoms with E-state index < -0.39 is 0 Å². The second-order valence-corrected chi connectivity index (χ2v) is 6.66. The lowest BCUT2D eigenvalue weighted by atomic mass is 10.1. The molecule has 0 aliphatic heterocycles. The first-order valence-electron chi connectivity index (χ1n) is 6.58. The third kappa shape index (κ3) is 3.10. The van der Waals surface area contributed by atoms with Crippen molar-refractivity contribution in [3.63, 3.8) is 0 Å². The van der Waals surface area contributed by atoms with Crippen molar-refractivity contribution in [2.24, 2.45) is 5.73 Å². The number of nitrogens with zero attached hydrogens (tertiary/aromatic N) is 2. The van der Waals surface area contributed by atoms with Crippen LogP contribution in [0.15, 0.2) is 63.2 Å². The van der Waals surface area contributed by atoms with Gasteiger partial charge in [0.1, 0.15) is 11.4 Å². The molecule has 3 rings (SSSR count). The van der Waals surface area contributed by atoms with Gasteiger partial charge in [-0.15, -0.1) is 0 Å². The molecule has 3 nitrogen and oxygen atoms in total. The van der Waals surface area contributed by atoms with Crippen molar-refractivity contribution in [1.82, 2.24) is 9.97 Å². The number of fused-ring (bicyclic) bond motifs is 1. The summed E-state index contributed by atoms with van der Waals surface area (Å²) in [7, 11) is 0. The molecule has 2 N–H and O–H groups in total. The third-order valence-corrected chi connectivity index (χ3v) is 5.21. The molecule has 0 aliphatic carbocycles. The average molecular weight is 360 g/mol. The van der Waals surface area contributed by atoms with Crippen LogP contribution < -0.4 is 5.73 Å². The minimum Gasteiger partial charge on any atom is -0.324 e. The van der Waals surface area contributed by atoms with Crippen LogP contribution in [-0.4, -0.2) is 9.97 Å². The fourth-order valence-corrected chi connectivity index (χ4v) is 3.57. The van der Waals surface area contributed by atoms with Crippen molar-refractivity contribution in [3.05, 3.63) is 58.8 Å². The van der Waals surface area contributed by atoms with Gasteiger partial charge in [-0.25, -0.2) is 9.97 Å². The van der Waals surface area contributed by atoms with Crippen LogP contribution in [0.4, 0.5) is 0 Å². The van der Waals surface area contributed by atoms with Crippen LogP contribution in [0, 0.1) is 0 Å². The number of hydrogen-bond donors (Lipinski definition) is 1. The van der Waals surface area contributed by atoms with Gasteiger partial charge in [0.25, 0.3) is 0 Å². The van der Waals surface area contributed by atoms with Gasteiger partial charge in [-0.1, -0.05) is 36.0 Å². The van der Waals surface area contributed by atoms with Crippen LogP contribution in [0.5, 0.6) is 0 Å².